The molecule has 7 heteroatoms. The minimum Gasteiger partial charge on any atom is -0.351 e. The van der Waals surface area contributed by atoms with Crippen molar-refractivity contribution < 1.29 is 4.92 Å². The van der Waals surface area contributed by atoms with Crippen LogP contribution < -0.4 is 10.6 Å². The van der Waals surface area contributed by atoms with Crippen molar-refractivity contribution in [3.8, 4) is 0 Å². The molecule has 0 radical (unpaired) electrons. The van der Waals surface area contributed by atoms with Crippen LogP contribution >= 0.6 is 0 Å². The Morgan fingerprint density at radius 3 is 2.45 bits per heavy atom. The van der Waals surface area contributed by atoms with Crippen molar-refractivity contribution in [1.29, 1.82) is 0 Å². The smallest absolute Gasteiger partial charge is 0.333 e. The number of anilines is 1. The average molecular weight is 283 g/mol. The van der Waals surface area contributed by atoms with Crippen molar-refractivity contribution in [3.05, 3.63) is 15.8 Å². The van der Waals surface area contributed by atoms with Gasteiger partial charge in [-0.2, -0.15) is 5.10 Å². The fourth-order valence-corrected chi connectivity index (χ4v) is 2.22. The van der Waals surface area contributed by atoms with Gasteiger partial charge >= 0.3 is 5.69 Å². The zero-order chi connectivity index (χ0) is 15.5. The van der Waals surface area contributed by atoms with Crippen molar-refractivity contribution in [2.75, 3.05) is 24.5 Å². The van der Waals surface area contributed by atoms with Crippen LogP contribution in [-0.4, -0.2) is 34.3 Å². The van der Waals surface area contributed by atoms with Crippen molar-refractivity contribution >= 4 is 11.5 Å². The second-order valence-corrected chi connectivity index (χ2v) is 5.71. The van der Waals surface area contributed by atoms with E-state index in [1.807, 2.05) is 18.7 Å². The van der Waals surface area contributed by atoms with Gasteiger partial charge in [0.25, 0.3) is 0 Å². The topological polar surface area (TPSA) is 90.2 Å². The summed E-state index contributed by atoms with van der Waals surface area (Å²) in [5.74, 6) is 0.582. The molecule has 1 rings (SSSR count). The summed E-state index contributed by atoms with van der Waals surface area (Å²) in [4.78, 5) is 13.0. The Kier molecular flexibility index (Phi) is 5.10. The number of aromatic nitrogens is 2. The lowest BCUT2D eigenvalue weighted by Gasteiger charge is -2.32. The third-order valence-electron chi connectivity index (χ3n) is 3.40. The zero-order valence-corrected chi connectivity index (χ0v) is 13.0. The lowest BCUT2D eigenvalue weighted by molar-refractivity contribution is -0.384. The Morgan fingerprint density at radius 2 is 2.05 bits per heavy atom. The van der Waals surface area contributed by atoms with Crippen LogP contribution in [0.2, 0.25) is 0 Å². The van der Waals surface area contributed by atoms with Crippen molar-refractivity contribution in [1.82, 2.24) is 9.78 Å². The van der Waals surface area contributed by atoms with E-state index in [0.29, 0.717) is 37.7 Å². The molecule has 1 aromatic rings. The van der Waals surface area contributed by atoms with Gasteiger partial charge in [-0.15, -0.1) is 0 Å². The van der Waals surface area contributed by atoms with Gasteiger partial charge in [0.1, 0.15) is 5.69 Å². The molecule has 1 aromatic heterocycles. The normalized spacial score (nSPS) is 11.7. The summed E-state index contributed by atoms with van der Waals surface area (Å²) < 4.78 is 1.70. The maximum absolute atomic E-state index is 11.3. The molecule has 7 nitrogen and oxygen atoms in total. The van der Waals surface area contributed by atoms with Crippen LogP contribution in [0.25, 0.3) is 0 Å². The summed E-state index contributed by atoms with van der Waals surface area (Å²) in [5.41, 5.74) is 6.22. The third kappa shape index (κ3) is 3.27. The van der Waals surface area contributed by atoms with Gasteiger partial charge in [0, 0.05) is 19.6 Å². The molecule has 0 unspecified atom stereocenters. The van der Waals surface area contributed by atoms with Crippen LogP contribution in [0.4, 0.5) is 11.5 Å². The first-order chi connectivity index (χ1) is 9.27. The second-order valence-electron chi connectivity index (χ2n) is 5.71. The summed E-state index contributed by atoms with van der Waals surface area (Å²) in [6.07, 6.45) is 0. The number of aryl methyl sites for hydroxylation is 2. The van der Waals surface area contributed by atoms with E-state index in [1.54, 1.807) is 11.6 Å². The first kappa shape index (κ1) is 16.4. The third-order valence-corrected chi connectivity index (χ3v) is 3.40. The first-order valence-corrected chi connectivity index (χ1v) is 6.94. The number of hydrogen-bond acceptors (Lipinski definition) is 5. The minimum atomic E-state index is -0.345. The summed E-state index contributed by atoms with van der Waals surface area (Å²) in [5, 5.41) is 15.6. The Bertz CT molecular complexity index is 481. The summed E-state index contributed by atoms with van der Waals surface area (Å²) in [6.45, 7) is 12.2. The van der Waals surface area contributed by atoms with Gasteiger partial charge in [0.15, 0.2) is 0 Å². The van der Waals surface area contributed by atoms with Gasteiger partial charge in [-0.3, -0.25) is 10.1 Å². The summed E-state index contributed by atoms with van der Waals surface area (Å²) in [6, 6.07) is 0. The fraction of sp³-hybridized carbons (Fsp3) is 0.769. The second kappa shape index (κ2) is 6.21. The highest BCUT2D eigenvalue weighted by Crippen LogP contribution is 2.33. The number of rotatable bonds is 7. The molecule has 0 atom stereocenters. The van der Waals surface area contributed by atoms with Crippen LogP contribution in [0, 0.1) is 22.5 Å². The van der Waals surface area contributed by atoms with E-state index >= 15 is 0 Å². The first-order valence-electron chi connectivity index (χ1n) is 6.94. The van der Waals surface area contributed by atoms with Crippen LogP contribution in [0.3, 0.4) is 0 Å². The van der Waals surface area contributed by atoms with E-state index in [-0.39, 0.29) is 16.0 Å². The molecular weight excluding hydrogens is 258 g/mol. The molecule has 0 aliphatic heterocycles. The number of nitrogens with zero attached hydrogens (tertiary/aromatic N) is 4. The van der Waals surface area contributed by atoms with E-state index in [9.17, 15) is 10.1 Å². The van der Waals surface area contributed by atoms with Crippen LogP contribution in [0.15, 0.2) is 0 Å². The lowest BCUT2D eigenvalue weighted by atomic mass is 9.93. The van der Waals surface area contributed by atoms with E-state index in [0.717, 1.165) is 0 Å². The van der Waals surface area contributed by atoms with Gasteiger partial charge in [0.2, 0.25) is 5.82 Å². The van der Waals surface area contributed by atoms with Crippen LogP contribution in [-0.2, 0) is 6.54 Å². The molecule has 0 aliphatic carbocycles. The Labute approximate surface area is 119 Å². The van der Waals surface area contributed by atoms with Crippen molar-refractivity contribution in [2.45, 2.75) is 41.2 Å². The molecule has 0 aliphatic rings. The highest BCUT2D eigenvalue weighted by Gasteiger charge is 2.31. The van der Waals surface area contributed by atoms with Crippen LogP contribution in [0.1, 0.15) is 33.4 Å². The van der Waals surface area contributed by atoms with Crippen LogP contribution in [0.5, 0.6) is 0 Å². The fourth-order valence-electron chi connectivity index (χ4n) is 2.22. The minimum absolute atomic E-state index is 0.0986. The largest absolute Gasteiger partial charge is 0.351 e. The van der Waals surface area contributed by atoms with Gasteiger partial charge < -0.3 is 10.6 Å². The van der Waals surface area contributed by atoms with Gasteiger partial charge in [-0.1, -0.05) is 13.8 Å². The van der Waals surface area contributed by atoms with Gasteiger partial charge in [0.05, 0.1) is 4.92 Å². The molecule has 0 bridgehead atoms. The quantitative estimate of drug-likeness (QED) is 0.610. The summed E-state index contributed by atoms with van der Waals surface area (Å²) in [7, 11) is 0. The molecule has 20 heavy (non-hydrogen) atoms. The monoisotopic (exact) mass is 283 g/mol. The number of hydrogen-bond donors (Lipinski definition) is 1. The predicted octanol–water partition coefficient (Wildman–Crippen LogP) is 1.93. The maximum atomic E-state index is 11.3. The molecule has 0 amide bonds. The Hall–Kier alpha value is -1.63. The average Bonchev–Trinajstić information content (AvgIpc) is 2.72. The summed E-state index contributed by atoms with van der Waals surface area (Å²) >= 11 is 0. The molecule has 1 heterocycles. The standard InChI is InChI=1S/C13H25N5O2/c1-6-16(9-13(4,5)8-14)12-11(18(19)20)10(3)15-17(12)7-2/h6-9,14H2,1-5H3. The number of nitrogens with two attached hydrogens (primary N) is 1. The maximum Gasteiger partial charge on any atom is 0.333 e. The SMILES string of the molecule is CCN(CC(C)(C)CN)c1c([N+](=O)[O-])c(C)nn1CC. The molecule has 2 N–H and O–H groups in total. The molecule has 0 aromatic carbocycles. The highest BCUT2D eigenvalue weighted by atomic mass is 16.6. The van der Waals surface area contributed by atoms with Gasteiger partial charge in [-0.05, 0) is 32.7 Å². The van der Waals surface area contributed by atoms with Crippen molar-refractivity contribution in [2.24, 2.45) is 11.1 Å². The van der Waals surface area contributed by atoms with E-state index in [4.69, 9.17) is 5.73 Å². The molecule has 0 saturated heterocycles. The zero-order valence-electron chi connectivity index (χ0n) is 13.0. The molecule has 0 saturated carbocycles. The Morgan fingerprint density at radius 1 is 1.45 bits per heavy atom. The molecule has 0 fully saturated rings. The van der Waals surface area contributed by atoms with E-state index < -0.39 is 0 Å². The van der Waals surface area contributed by atoms with Crippen molar-refractivity contribution in [3.63, 3.8) is 0 Å². The number of nitro groups is 1. The van der Waals surface area contributed by atoms with E-state index in [1.165, 1.54) is 0 Å². The molecule has 0 spiro atoms. The highest BCUT2D eigenvalue weighted by molar-refractivity contribution is 5.61. The Balaban J connectivity index is 3.30. The predicted molar refractivity (Wildman–Crippen MR) is 80.0 cm³/mol. The molecule has 114 valence electrons. The molecular formula is C13H25N5O2. The van der Waals surface area contributed by atoms with E-state index in [2.05, 4.69) is 18.9 Å². The van der Waals surface area contributed by atoms with Gasteiger partial charge in [-0.25, -0.2) is 4.68 Å². The lowest BCUT2D eigenvalue weighted by Crippen LogP contribution is -2.40.